The Morgan fingerprint density at radius 1 is 1.38 bits per heavy atom. The Kier molecular flexibility index (Phi) is 6.11. The summed E-state index contributed by atoms with van der Waals surface area (Å²) in [5, 5.41) is 0. The molecule has 2 nitrogen and oxygen atoms in total. The van der Waals surface area contributed by atoms with Crippen molar-refractivity contribution in [2.24, 2.45) is 5.92 Å². The lowest BCUT2D eigenvalue weighted by Gasteiger charge is -2.05. The summed E-state index contributed by atoms with van der Waals surface area (Å²) in [5.74, 6) is 0.0259. The third-order valence-corrected chi connectivity index (χ3v) is 1.89. The molecule has 0 bridgehead atoms. The van der Waals surface area contributed by atoms with E-state index in [1.807, 2.05) is 6.92 Å². The van der Waals surface area contributed by atoms with Gasteiger partial charge in [0, 0.05) is 6.42 Å². The average Bonchev–Trinajstić information content (AvgIpc) is 2.03. The maximum absolute atomic E-state index is 10.7. The van der Waals surface area contributed by atoms with E-state index in [0.29, 0.717) is 18.6 Å². The second-order valence-electron chi connectivity index (χ2n) is 3.75. The van der Waals surface area contributed by atoms with Crippen LogP contribution in [0.15, 0.2) is 11.6 Å². The van der Waals surface area contributed by atoms with Crippen LogP contribution in [0.2, 0.25) is 0 Å². The summed E-state index contributed by atoms with van der Waals surface area (Å²) < 4.78 is 0. The number of ketones is 1. The summed E-state index contributed by atoms with van der Waals surface area (Å²) in [7, 11) is 0. The van der Waals surface area contributed by atoms with Gasteiger partial charge in [-0.05, 0) is 32.6 Å². The van der Waals surface area contributed by atoms with Gasteiger partial charge < -0.3 is 0 Å². The van der Waals surface area contributed by atoms with E-state index in [4.69, 9.17) is 0 Å². The molecule has 0 amide bonds. The predicted molar refractivity (Wildman–Crippen MR) is 53.5 cm³/mol. The number of carbonyl (C=O) groups excluding carboxylic acids is 2. The molecule has 74 valence electrons. The van der Waals surface area contributed by atoms with E-state index < -0.39 is 0 Å². The Balaban J connectivity index is 3.63. The normalized spacial score (nSPS) is 11.9. The van der Waals surface area contributed by atoms with E-state index in [1.54, 1.807) is 0 Å². The minimum atomic E-state index is -0.287. The first kappa shape index (κ1) is 12.1. The molecule has 0 aromatic heterocycles. The number of aldehydes is 1. The van der Waals surface area contributed by atoms with Crippen LogP contribution < -0.4 is 0 Å². The van der Waals surface area contributed by atoms with E-state index >= 15 is 0 Å². The second kappa shape index (κ2) is 6.58. The molecule has 1 atom stereocenters. The van der Waals surface area contributed by atoms with Crippen LogP contribution in [0.4, 0.5) is 0 Å². The Labute approximate surface area is 80.0 Å². The van der Waals surface area contributed by atoms with Gasteiger partial charge in [-0.15, -0.1) is 0 Å². The lowest BCUT2D eigenvalue weighted by molar-refractivity contribution is -0.130. The summed E-state index contributed by atoms with van der Waals surface area (Å²) in [6, 6.07) is 0. The molecule has 0 N–H and O–H groups in total. The molecule has 0 rings (SSSR count). The van der Waals surface area contributed by atoms with Crippen LogP contribution in [-0.4, -0.2) is 12.1 Å². The minimum Gasteiger partial charge on any atom is -0.295 e. The quantitative estimate of drug-likeness (QED) is 0.359. The summed E-state index contributed by atoms with van der Waals surface area (Å²) in [6.07, 6.45) is 4.93. The molecule has 0 saturated carbocycles. The zero-order valence-electron chi connectivity index (χ0n) is 8.67. The van der Waals surface area contributed by atoms with Gasteiger partial charge in [0.05, 0.1) is 0 Å². The fraction of sp³-hybridized carbons (Fsp3) is 0.636. The summed E-state index contributed by atoms with van der Waals surface area (Å²) >= 11 is 0. The van der Waals surface area contributed by atoms with Crippen molar-refractivity contribution in [1.29, 1.82) is 0 Å². The molecular weight excluding hydrogens is 164 g/mol. The van der Waals surface area contributed by atoms with Crippen LogP contribution in [0, 0.1) is 5.92 Å². The molecule has 0 heterocycles. The molecule has 13 heavy (non-hydrogen) atoms. The number of hydrogen-bond donors (Lipinski definition) is 0. The zero-order valence-corrected chi connectivity index (χ0v) is 8.67. The fourth-order valence-corrected chi connectivity index (χ4v) is 1.15. The minimum absolute atomic E-state index is 0.287. The van der Waals surface area contributed by atoms with Crippen LogP contribution in [0.25, 0.3) is 0 Å². The van der Waals surface area contributed by atoms with Crippen molar-refractivity contribution >= 4 is 12.1 Å². The molecule has 2 heteroatoms. The number of Topliss-reactive ketones (excluding diaryl/α,β-unsaturated/α-hetero) is 1. The van der Waals surface area contributed by atoms with E-state index in [9.17, 15) is 9.59 Å². The van der Waals surface area contributed by atoms with Gasteiger partial charge in [-0.1, -0.05) is 18.6 Å². The third-order valence-electron chi connectivity index (χ3n) is 1.89. The van der Waals surface area contributed by atoms with Gasteiger partial charge in [0.15, 0.2) is 12.1 Å². The average molecular weight is 182 g/mol. The summed E-state index contributed by atoms with van der Waals surface area (Å²) in [5.41, 5.74) is 1.30. The highest BCUT2D eigenvalue weighted by Crippen LogP contribution is 2.11. The SMILES string of the molecule is CC(C)=CCCC(C)CC(=O)C=O. The van der Waals surface area contributed by atoms with Crippen molar-refractivity contribution in [3.05, 3.63) is 11.6 Å². The van der Waals surface area contributed by atoms with E-state index in [0.717, 1.165) is 12.8 Å². The Bertz CT molecular complexity index is 200. The first-order chi connectivity index (χ1) is 6.06. The monoisotopic (exact) mass is 182 g/mol. The van der Waals surface area contributed by atoms with Gasteiger partial charge in [0.1, 0.15) is 0 Å². The Morgan fingerprint density at radius 2 is 2.00 bits per heavy atom. The lowest BCUT2D eigenvalue weighted by Crippen LogP contribution is -2.05. The van der Waals surface area contributed by atoms with Gasteiger partial charge >= 0.3 is 0 Å². The van der Waals surface area contributed by atoms with Crippen molar-refractivity contribution in [2.75, 3.05) is 0 Å². The van der Waals surface area contributed by atoms with Gasteiger partial charge in [-0.25, -0.2) is 0 Å². The number of carbonyl (C=O) groups is 2. The van der Waals surface area contributed by atoms with Crippen LogP contribution >= 0.6 is 0 Å². The molecule has 0 spiro atoms. The molecule has 0 aliphatic rings. The Hall–Kier alpha value is -0.920. The smallest absolute Gasteiger partial charge is 0.195 e. The van der Waals surface area contributed by atoms with Gasteiger partial charge in [0.25, 0.3) is 0 Å². The van der Waals surface area contributed by atoms with Gasteiger partial charge in [-0.2, -0.15) is 0 Å². The maximum atomic E-state index is 10.7. The number of allylic oxidation sites excluding steroid dienone is 2. The highest BCUT2D eigenvalue weighted by Gasteiger charge is 2.06. The standard InChI is InChI=1S/C11H18O2/c1-9(2)5-4-6-10(3)7-11(13)8-12/h5,8,10H,4,6-7H2,1-3H3. The van der Waals surface area contributed by atoms with Crippen LogP contribution in [-0.2, 0) is 9.59 Å². The molecule has 0 saturated heterocycles. The molecule has 0 radical (unpaired) electrons. The molecular formula is C11H18O2. The Morgan fingerprint density at radius 3 is 2.46 bits per heavy atom. The van der Waals surface area contributed by atoms with Crippen LogP contribution in [0.1, 0.15) is 40.0 Å². The highest BCUT2D eigenvalue weighted by molar-refractivity contribution is 6.24. The fourth-order valence-electron chi connectivity index (χ4n) is 1.15. The topological polar surface area (TPSA) is 34.1 Å². The maximum Gasteiger partial charge on any atom is 0.195 e. The van der Waals surface area contributed by atoms with Crippen LogP contribution in [0.5, 0.6) is 0 Å². The first-order valence-electron chi connectivity index (χ1n) is 4.67. The molecule has 0 aromatic carbocycles. The predicted octanol–water partition coefficient (Wildman–Crippen LogP) is 2.53. The molecule has 0 aliphatic carbocycles. The largest absolute Gasteiger partial charge is 0.295 e. The molecule has 0 fully saturated rings. The summed E-state index contributed by atoms with van der Waals surface area (Å²) in [6.45, 7) is 6.11. The second-order valence-corrected chi connectivity index (χ2v) is 3.75. The van der Waals surface area contributed by atoms with E-state index in [1.165, 1.54) is 5.57 Å². The lowest BCUT2D eigenvalue weighted by atomic mass is 9.99. The third kappa shape index (κ3) is 7.44. The number of rotatable bonds is 6. The molecule has 0 aromatic rings. The van der Waals surface area contributed by atoms with Crippen molar-refractivity contribution in [1.82, 2.24) is 0 Å². The highest BCUT2D eigenvalue weighted by atomic mass is 16.2. The first-order valence-corrected chi connectivity index (χ1v) is 4.67. The number of hydrogen-bond acceptors (Lipinski definition) is 2. The van der Waals surface area contributed by atoms with Gasteiger partial charge in [-0.3, -0.25) is 9.59 Å². The van der Waals surface area contributed by atoms with E-state index in [-0.39, 0.29) is 5.78 Å². The molecule has 1 unspecified atom stereocenters. The zero-order chi connectivity index (χ0) is 10.3. The van der Waals surface area contributed by atoms with Crippen molar-refractivity contribution in [2.45, 2.75) is 40.0 Å². The summed E-state index contributed by atoms with van der Waals surface area (Å²) in [4.78, 5) is 20.8. The molecule has 0 aliphatic heterocycles. The van der Waals surface area contributed by atoms with Gasteiger partial charge in [0.2, 0.25) is 0 Å². The van der Waals surface area contributed by atoms with Crippen LogP contribution in [0.3, 0.4) is 0 Å². The van der Waals surface area contributed by atoms with Crippen molar-refractivity contribution in [3.8, 4) is 0 Å². The van der Waals surface area contributed by atoms with E-state index in [2.05, 4.69) is 19.9 Å². The van der Waals surface area contributed by atoms with Crippen molar-refractivity contribution in [3.63, 3.8) is 0 Å². The van der Waals surface area contributed by atoms with Crippen molar-refractivity contribution < 1.29 is 9.59 Å².